The smallest absolute Gasteiger partial charge is 0.241 e. The number of nitrogens with zero attached hydrogens (tertiary/aromatic N) is 2. The first kappa shape index (κ1) is 33.1. The summed E-state index contributed by atoms with van der Waals surface area (Å²) in [4.78, 5) is 22.7. The molecule has 38 heavy (non-hydrogen) atoms. The molecule has 2 unspecified atom stereocenters. The second-order valence-corrected chi connectivity index (χ2v) is 10.3. The van der Waals surface area contributed by atoms with E-state index < -0.39 is 6.10 Å². The lowest BCUT2D eigenvalue weighted by atomic mass is 10.2. The van der Waals surface area contributed by atoms with E-state index in [9.17, 15) is 14.7 Å². The highest BCUT2D eigenvalue weighted by Crippen LogP contribution is 2.16. The van der Waals surface area contributed by atoms with Crippen molar-refractivity contribution in [2.45, 2.75) is 25.5 Å². The standard InChI is InChI=1S/C11H17ClN3OP.C8H12N2.C7H12N2O2/c1-15(14)6-10(13)11(16)7-17-9-4-2-3-8(12)5-9;1-10-6-7-2-4-8(9)5-3-7;10-6-8-5-7(11)9-3-1-2-4-9/h2-6,11,16-17H,7,13-14H2,1H3;2-5,10H,6,9H2,1H3;6H,1-5H2,(H,8,10)/b10-6-;;. The largest absolute Gasteiger partial charge is 0.399 e. The van der Waals surface area contributed by atoms with E-state index in [0.717, 1.165) is 43.5 Å². The third-order valence-corrected chi connectivity index (χ3v) is 6.76. The van der Waals surface area contributed by atoms with E-state index in [1.165, 1.54) is 16.8 Å². The Morgan fingerprint density at radius 2 is 1.89 bits per heavy atom. The maximum atomic E-state index is 11.1. The molecule has 0 saturated carbocycles. The van der Waals surface area contributed by atoms with Crippen molar-refractivity contribution in [2.24, 2.45) is 11.6 Å². The number of carbonyl (C=O) groups is 2. The number of nitrogen functional groups attached to an aromatic ring is 1. The van der Waals surface area contributed by atoms with Crippen LogP contribution in [0.4, 0.5) is 5.69 Å². The van der Waals surface area contributed by atoms with Gasteiger partial charge in [0, 0.05) is 49.8 Å². The number of nitrogens with two attached hydrogens (primary N) is 3. The van der Waals surface area contributed by atoms with Gasteiger partial charge in [-0.05, 0) is 55.0 Å². The van der Waals surface area contributed by atoms with Crippen LogP contribution in [0.2, 0.25) is 5.02 Å². The number of likely N-dealkylation sites (tertiary alicyclic amines) is 1. The highest BCUT2D eigenvalue weighted by molar-refractivity contribution is 7.47. The molecule has 2 aromatic carbocycles. The molecule has 1 saturated heterocycles. The zero-order valence-electron chi connectivity index (χ0n) is 22.1. The number of rotatable bonds is 10. The maximum Gasteiger partial charge on any atom is 0.241 e. The van der Waals surface area contributed by atoms with Gasteiger partial charge in [0.1, 0.15) is 0 Å². The fourth-order valence-electron chi connectivity index (χ4n) is 3.30. The van der Waals surface area contributed by atoms with Gasteiger partial charge in [0.2, 0.25) is 12.3 Å². The van der Waals surface area contributed by atoms with Crippen LogP contribution in [0.15, 0.2) is 60.4 Å². The minimum atomic E-state index is -0.682. The van der Waals surface area contributed by atoms with Gasteiger partial charge in [0.05, 0.1) is 18.3 Å². The van der Waals surface area contributed by atoms with Crippen LogP contribution < -0.4 is 33.2 Å². The molecule has 0 spiro atoms. The van der Waals surface area contributed by atoms with Crippen LogP contribution in [-0.2, 0) is 16.1 Å². The van der Waals surface area contributed by atoms with E-state index >= 15 is 0 Å². The minimum Gasteiger partial charge on any atom is -0.399 e. The number of nitrogens with one attached hydrogen (secondary N) is 2. The van der Waals surface area contributed by atoms with E-state index in [-0.39, 0.29) is 12.5 Å². The number of hydrogen-bond donors (Lipinski definition) is 6. The Bertz CT molecular complexity index is 987. The van der Waals surface area contributed by atoms with E-state index in [1.807, 2.05) is 55.6 Å². The number of aliphatic hydroxyl groups is 1. The maximum absolute atomic E-state index is 11.1. The van der Waals surface area contributed by atoms with Crippen molar-refractivity contribution in [3.05, 3.63) is 71.0 Å². The van der Waals surface area contributed by atoms with E-state index in [2.05, 4.69) is 10.6 Å². The zero-order valence-corrected chi connectivity index (χ0v) is 23.8. The van der Waals surface area contributed by atoms with Gasteiger partial charge in [-0.3, -0.25) is 9.59 Å². The summed E-state index contributed by atoms with van der Waals surface area (Å²) >= 11 is 5.87. The van der Waals surface area contributed by atoms with Gasteiger partial charge in [-0.25, -0.2) is 5.84 Å². The number of benzene rings is 2. The zero-order chi connectivity index (χ0) is 28.3. The molecule has 12 heteroatoms. The van der Waals surface area contributed by atoms with Crippen molar-refractivity contribution >= 4 is 43.5 Å². The predicted octanol–water partition coefficient (Wildman–Crippen LogP) is 0.953. The number of anilines is 1. The Balaban J connectivity index is 0.000000299. The molecule has 9 N–H and O–H groups in total. The second kappa shape index (κ2) is 19.2. The number of amides is 2. The Kier molecular flexibility index (Phi) is 16.8. The van der Waals surface area contributed by atoms with Crippen LogP contribution in [0.5, 0.6) is 0 Å². The molecule has 2 aromatic rings. The average Bonchev–Trinajstić information content (AvgIpc) is 3.43. The topological polar surface area (TPSA) is 163 Å². The molecule has 1 heterocycles. The van der Waals surface area contributed by atoms with Crippen molar-refractivity contribution in [3.63, 3.8) is 0 Å². The van der Waals surface area contributed by atoms with Crippen LogP contribution in [0.3, 0.4) is 0 Å². The molecular formula is C26H41ClN7O3P. The first-order valence-electron chi connectivity index (χ1n) is 12.2. The molecule has 1 fully saturated rings. The van der Waals surface area contributed by atoms with Crippen molar-refractivity contribution in [2.75, 3.05) is 45.6 Å². The van der Waals surface area contributed by atoms with Gasteiger partial charge >= 0.3 is 0 Å². The van der Waals surface area contributed by atoms with Crippen LogP contribution in [-0.4, -0.2) is 73.3 Å². The molecule has 0 aliphatic carbocycles. The van der Waals surface area contributed by atoms with E-state index in [1.54, 1.807) is 11.9 Å². The lowest BCUT2D eigenvalue weighted by Gasteiger charge is -2.13. The summed E-state index contributed by atoms with van der Waals surface area (Å²) in [5.74, 6) is 5.43. The summed E-state index contributed by atoms with van der Waals surface area (Å²) in [6.45, 7) is 2.74. The van der Waals surface area contributed by atoms with Crippen LogP contribution in [0, 0.1) is 0 Å². The normalized spacial score (nSPS) is 13.7. The number of hydrazine groups is 1. The van der Waals surface area contributed by atoms with Gasteiger partial charge in [-0.15, -0.1) is 0 Å². The minimum absolute atomic E-state index is 0.0228. The Labute approximate surface area is 232 Å². The van der Waals surface area contributed by atoms with Gasteiger partial charge < -0.3 is 37.1 Å². The van der Waals surface area contributed by atoms with Crippen LogP contribution in [0.25, 0.3) is 0 Å². The highest BCUT2D eigenvalue weighted by atomic mass is 35.5. The average molecular weight is 566 g/mol. The fourth-order valence-corrected chi connectivity index (χ4v) is 4.72. The van der Waals surface area contributed by atoms with Crippen molar-refractivity contribution in [1.82, 2.24) is 20.5 Å². The molecule has 10 nitrogen and oxygen atoms in total. The quantitative estimate of drug-likeness (QED) is 0.0815. The van der Waals surface area contributed by atoms with E-state index in [4.69, 9.17) is 28.9 Å². The molecule has 1 aliphatic rings. The molecular weight excluding hydrogens is 525 g/mol. The molecule has 0 radical (unpaired) electrons. The molecule has 0 bridgehead atoms. The monoisotopic (exact) mass is 565 g/mol. The molecule has 1 aliphatic heterocycles. The summed E-state index contributed by atoms with van der Waals surface area (Å²) in [6, 6.07) is 15.4. The summed E-state index contributed by atoms with van der Waals surface area (Å²) in [6.07, 6.45) is 4.12. The van der Waals surface area contributed by atoms with Gasteiger partial charge in [0.15, 0.2) is 0 Å². The molecule has 0 aromatic heterocycles. The molecule has 210 valence electrons. The fraction of sp³-hybridized carbons (Fsp3) is 0.385. The van der Waals surface area contributed by atoms with Crippen LogP contribution in [0.1, 0.15) is 18.4 Å². The number of aliphatic hydroxyl groups excluding tert-OH is 1. The molecule has 2 atom stereocenters. The SMILES string of the molecule is CN(N)/C=C(\N)C(O)CPc1cccc(Cl)c1.CNCc1ccc(N)cc1.O=CNCC(=O)N1CCCC1. The highest BCUT2D eigenvalue weighted by Gasteiger charge is 2.16. The summed E-state index contributed by atoms with van der Waals surface area (Å²) in [7, 11) is 4.03. The van der Waals surface area contributed by atoms with Gasteiger partial charge in [0.25, 0.3) is 0 Å². The van der Waals surface area contributed by atoms with Gasteiger partial charge in [-0.1, -0.05) is 44.4 Å². The second-order valence-electron chi connectivity index (χ2n) is 8.56. The summed E-state index contributed by atoms with van der Waals surface area (Å²) < 4.78 is 0. The lowest BCUT2D eigenvalue weighted by molar-refractivity contribution is -0.130. The predicted molar refractivity (Wildman–Crippen MR) is 158 cm³/mol. The Hall–Kier alpha value is -2.88. The lowest BCUT2D eigenvalue weighted by Crippen LogP contribution is -2.35. The Morgan fingerprint density at radius 3 is 2.45 bits per heavy atom. The number of halogens is 1. The third kappa shape index (κ3) is 14.8. The number of hydrogen-bond acceptors (Lipinski definition) is 8. The third-order valence-electron chi connectivity index (χ3n) is 5.22. The van der Waals surface area contributed by atoms with Crippen molar-refractivity contribution < 1.29 is 14.7 Å². The van der Waals surface area contributed by atoms with Crippen molar-refractivity contribution in [3.8, 4) is 0 Å². The van der Waals surface area contributed by atoms with Gasteiger partial charge in [-0.2, -0.15) is 0 Å². The Morgan fingerprint density at radius 1 is 1.24 bits per heavy atom. The summed E-state index contributed by atoms with van der Waals surface area (Å²) in [5, 5.41) is 18.3. The molecule has 3 rings (SSSR count). The van der Waals surface area contributed by atoms with E-state index in [0.29, 0.717) is 31.9 Å². The first-order chi connectivity index (χ1) is 18.2. The summed E-state index contributed by atoms with van der Waals surface area (Å²) in [5.41, 5.74) is 13.6. The molecule has 2 amide bonds. The van der Waals surface area contributed by atoms with Crippen LogP contribution >= 0.6 is 20.2 Å². The van der Waals surface area contributed by atoms with Crippen molar-refractivity contribution in [1.29, 1.82) is 0 Å². The number of carbonyl (C=O) groups excluding carboxylic acids is 2. The first-order valence-corrected chi connectivity index (χ1v) is 13.8.